The molecule has 5 nitrogen and oxygen atoms in total. The molecule has 1 fully saturated rings. The number of benzene rings is 1. The van der Waals surface area contributed by atoms with Crippen molar-refractivity contribution in [2.45, 2.75) is 32.6 Å². The molecule has 1 saturated heterocycles. The van der Waals surface area contributed by atoms with Crippen LogP contribution in [0.3, 0.4) is 0 Å². The molecule has 1 heterocycles. The highest BCUT2D eigenvalue weighted by molar-refractivity contribution is 6.30. The zero-order valence-corrected chi connectivity index (χ0v) is 15.3. The number of amides is 1. The second-order valence-electron chi connectivity index (χ2n) is 6.33. The number of nitrogens with zero attached hydrogens (tertiary/aromatic N) is 2. The summed E-state index contributed by atoms with van der Waals surface area (Å²) in [6, 6.07) is 7.14. The van der Waals surface area contributed by atoms with Gasteiger partial charge < -0.3 is 15.5 Å². The van der Waals surface area contributed by atoms with Crippen LogP contribution in [-0.2, 0) is 4.79 Å². The molecule has 0 aromatic heterocycles. The first-order chi connectivity index (χ1) is 11.6. The molecule has 1 aliphatic heterocycles. The highest BCUT2D eigenvalue weighted by Gasteiger charge is 2.18. The van der Waals surface area contributed by atoms with E-state index >= 15 is 0 Å². The van der Waals surface area contributed by atoms with Gasteiger partial charge in [-0.15, -0.1) is 0 Å². The summed E-state index contributed by atoms with van der Waals surface area (Å²) in [4.78, 5) is 18.6. The van der Waals surface area contributed by atoms with Crippen molar-refractivity contribution < 1.29 is 4.79 Å². The van der Waals surface area contributed by atoms with Crippen molar-refractivity contribution in [3.8, 4) is 0 Å². The van der Waals surface area contributed by atoms with Crippen LogP contribution in [0.15, 0.2) is 29.3 Å². The molecule has 0 bridgehead atoms. The molecule has 0 aliphatic carbocycles. The number of rotatable bonds is 5. The summed E-state index contributed by atoms with van der Waals surface area (Å²) in [5.41, 5.74) is 0.774. The topological polar surface area (TPSA) is 56.7 Å². The number of carbonyl (C=O) groups is 1. The van der Waals surface area contributed by atoms with E-state index < -0.39 is 0 Å². The largest absolute Gasteiger partial charge is 0.356 e. The molecule has 1 aromatic carbocycles. The summed E-state index contributed by atoms with van der Waals surface area (Å²) in [5.74, 6) is 1.67. The molecule has 0 spiro atoms. The average Bonchev–Trinajstić information content (AvgIpc) is 2.57. The van der Waals surface area contributed by atoms with Crippen molar-refractivity contribution in [3.63, 3.8) is 0 Å². The van der Waals surface area contributed by atoms with Crippen LogP contribution >= 0.6 is 11.6 Å². The van der Waals surface area contributed by atoms with Gasteiger partial charge in [-0.25, -0.2) is 0 Å². The van der Waals surface area contributed by atoms with Crippen molar-refractivity contribution >= 4 is 29.2 Å². The lowest BCUT2D eigenvalue weighted by atomic mass is 10.0. The SMILES string of the molecule is CN=C(NCCCC(=O)Nc1ccc(Cl)cc1)N1CCCC(C)C1. The number of guanidine groups is 1. The Kier molecular flexibility index (Phi) is 7.37. The van der Waals surface area contributed by atoms with Gasteiger partial charge in [0.2, 0.25) is 5.91 Å². The summed E-state index contributed by atoms with van der Waals surface area (Å²) in [7, 11) is 1.81. The highest BCUT2D eigenvalue weighted by Crippen LogP contribution is 2.15. The number of hydrogen-bond acceptors (Lipinski definition) is 2. The van der Waals surface area contributed by atoms with Crippen molar-refractivity contribution in [2.75, 3.05) is 32.0 Å². The fourth-order valence-corrected chi connectivity index (χ4v) is 3.05. The van der Waals surface area contributed by atoms with E-state index in [0.717, 1.165) is 37.7 Å². The number of likely N-dealkylation sites (tertiary alicyclic amines) is 1. The maximum absolute atomic E-state index is 11.9. The van der Waals surface area contributed by atoms with E-state index in [-0.39, 0.29) is 5.91 Å². The van der Waals surface area contributed by atoms with Gasteiger partial charge in [0.15, 0.2) is 5.96 Å². The normalized spacial score (nSPS) is 18.4. The highest BCUT2D eigenvalue weighted by atomic mass is 35.5. The Morgan fingerprint density at radius 2 is 2.12 bits per heavy atom. The Balaban J connectivity index is 1.67. The average molecular weight is 351 g/mol. The maximum Gasteiger partial charge on any atom is 0.224 e. The third-order valence-electron chi connectivity index (χ3n) is 4.16. The molecule has 2 N–H and O–H groups in total. The predicted octanol–water partition coefficient (Wildman–Crippen LogP) is 3.37. The lowest BCUT2D eigenvalue weighted by Crippen LogP contribution is -2.46. The Morgan fingerprint density at radius 3 is 2.79 bits per heavy atom. The van der Waals surface area contributed by atoms with Crippen LogP contribution in [0.2, 0.25) is 5.02 Å². The molecule has 1 aromatic rings. The lowest BCUT2D eigenvalue weighted by molar-refractivity contribution is -0.116. The number of nitrogens with one attached hydrogen (secondary N) is 2. The standard InChI is InChI=1S/C18H27ClN4O/c1-14-5-4-12-23(13-14)18(20-2)21-11-3-6-17(24)22-16-9-7-15(19)8-10-16/h7-10,14H,3-6,11-13H2,1-2H3,(H,20,21)(H,22,24). The molecule has 1 amide bonds. The van der Waals surface area contributed by atoms with Crippen LogP contribution in [0.5, 0.6) is 0 Å². The monoisotopic (exact) mass is 350 g/mol. The number of anilines is 1. The van der Waals surface area contributed by atoms with Gasteiger partial charge in [0.25, 0.3) is 0 Å². The predicted molar refractivity (Wildman–Crippen MR) is 101 cm³/mol. The van der Waals surface area contributed by atoms with E-state index in [4.69, 9.17) is 11.6 Å². The van der Waals surface area contributed by atoms with Crippen LogP contribution in [0.25, 0.3) is 0 Å². The zero-order valence-electron chi connectivity index (χ0n) is 14.5. The summed E-state index contributed by atoms with van der Waals surface area (Å²) in [6.07, 6.45) is 3.74. The second kappa shape index (κ2) is 9.52. The molecule has 6 heteroatoms. The van der Waals surface area contributed by atoms with Crippen LogP contribution in [0.4, 0.5) is 5.69 Å². The van der Waals surface area contributed by atoms with Gasteiger partial charge in [0.05, 0.1) is 0 Å². The summed E-state index contributed by atoms with van der Waals surface area (Å²) in [5, 5.41) is 6.90. The van der Waals surface area contributed by atoms with E-state index in [9.17, 15) is 4.79 Å². The Hall–Kier alpha value is -1.75. The van der Waals surface area contributed by atoms with E-state index in [1.807, 2.05) is 7.05 Å². The first-order valence-corrected chi connectivity index (χ1v) is 8.97. The molecule has 132 valence electrons. The Bertz CT molecular complexity index is 559. The van der Waals surface area contributed by atoms with Crippen LogP contribution < -0.4 is 10.6 Å². The number of piperidine rings is 1. The maximum atomic E-state index is 11.9. The molecular formula is C18H27ClN4O. The first-order valence-electron chi connectivity index (χ1n) is 8.59. The summed E-state index contributed by atoms with van der Waals surface area (Å²) >= 11 is 5.83. The molecule has 0 saturated carbocycles. The van der Waals surface area contributed by atoms with Gasteiger partial charge in [-0.05, 0) is 49.4 Å². The summed E-state index contributed by atoms with van der Waals surface area (Å²) in [6.45, 7) is 5.13. The van der Waals surface area contributed by atoms with E-state index in [1.165, 1.54) is 12.8 Å². The fraction of sp³-hybridized carbons (Fsp3) is 0.556. The number of halogens is 1. The minimum Gasteiger partial charge on any atom is -0.356 e. The van der Waals surface area contributed by atoms with Gasteiger partial charge in [-0.1, -0.05) is 18.5 Å². The molecule has 0 radical (unpaired) electrons. The Morgan fingerprint density at radius 1 is 1.38 bits per heavy atom. The van der Waals surface area contributed by atoms with E-state index in [2.05, 4.69) is 27.4 Å². The van der Waals surface area contributed by atoms with Crippen LogP contribution in [0, 0.1) is 5.92 Å². The quantitative estimate of drug-likeness (QED) is 0.486. The van der Waals surface area contributed by atoms with Gasteiger partial charge in [-0.2, -0.15) is 0 Å². The minimum absolute atomic E-state index is 0.0145. The van der Waals surface area contributed by atoms with Crippen LogP contribution in [0.1, 0.15) is 32.6 Å². The number of aliphatic imine (C=N–C) groups is 1. The molecule has 1 unspecified atom stereocenters. The molecular weight excluding hydrogens is 324 g/mol. The Labute approximate surface area is 149 Å². The molecule has 1 atom stereocenters. The first kappa shape index (κ1) is 18.6. The van der Waals surface area contributed by atoms with E-state index in [0.29, 0.717) is 17.4 Å². The van der Waals surface area contributed by atoms with Crippen LogP contribution in [-0.4, -0.2) is 43.4 Å². The second-order valence-corrected chi connectivity index (χ2v) is 6.76. The molecule has 1 aliphatic rings. The van der Waals surface area contributed by atoms with Crippen molar-refractivity contribution in [2.24, 2.45) is 10.9 Å². The van der Waals surface area contributed by atoms with Crippen molar-refractivity contribution in [1.29, 1.82) is 0 Å². The third kappa shape index (κ3) is 6.04. The zero-order chi connectivity index (χ0) is 17.4. The van der Waals surface area contributed by atoms with Crippen molar-refractivity contribution in [1.82, 2.24) is 10.2 Å². The number of carbonyl (C=O) groups excluding carboxylic acids is 1. The third-order valence-corrected chi connectivity index (χ3v) is 4.41. The van der Waals surface area contributed by atoms with Gasteiger partial charge >= 0.3 is 0 Å². The molecule has 24 heavy (non-hydrogen) atoms. The number of hydrogen-bond donors (Lipinski definition) is 2. The van der Waals surface area contributed by atoms with Crippen molar-refractivity contribution in [3.05, 3.63) is 29.3 Å². The smallest absolute Gasteiger partial charge is 0.224 e. The summed E-state index contributed by atoms with van der Waals surface area (Å²) < 4.78 is 0. The van der Waals surface area contributed by atoms with Gasteiger partial charge in [-0.3, -0.25) is 9.79 Å². The van der Waals surface area contributed by atoms with E-state index in [1.54, 1.807) is 24.3 Å². The molecule has 2 rings (SSSR count). The van der Waals surface area contributed by atoms with Gasteiger partial charge in [0, 0.05) is 43.8 Å². The minimum atomic E-state index is 0.0145. The lowest BCUT2D eigenvalue weighted by Gasteiger charge is -2.33. The van der Waals surface area contributed by atoms with Gasteiger partial charge in [0.1, 0.15) is 0 Å². The fourth-order valence-electron chi connectivity index (χ4n) is 2.92.